The van der Waals surface area contributed by atoms with Crippen LogP contribution in [0.1, 0.15) is 74.3 Å². The zero-order valence-corrected chi connectivity index (χ0v) is 27.2. The molecule has 0 saturated carbocycles. The topological polar surface area (TPSA) is 125 Å². The summed E-state index contributed by atoms with van der Waals surface area (Å²) in [7, 11) is 0. The van der Waals surface area contributed by atoms with Crippen molar-refractivity contribution >= 4 is 29.5 Å². The van der Waals surface area contributed by atoms with Gasteiger partial charge < -0.3 is 10.0 Å². The molecule has 2 aliphatic rings. The first-order chi connectivity index (χ1) is 24.8. The molecule has 0 aliphatic carbocycles. The smallest absolute Gasteiger partial charge is 0.416 e. The van der Waals surface area contributed by atoms with Crippen LogP contribution in [-0.4, -0.2) is 60.7 Å². The largest absolute Gasteiger partial charge is 0.465 e. The predicted octanol–water partition coefficient (Wildman–Crippen LogP) is 7.44. The van der Waals surface area contributed by atoms with E-state index in [4.69, 9.17) is 0 Å². The molecule has 0 fully saturated rings. The fourth-order valence-electron chi connectivity index (χ4n) is 6.51. The van der Waals surface area contributed by atoms with E-state index in [1.165, 1.54) is 12.1 Å². The number of nitrogens with zero attached hydrogens (tertiary/aromatic N) is 7. The molecule has 280 valence electrons. The number of benzene rings is 3. The molecular formula is C33H26F9N7O4. The van der Waals surface area contributed by atoms with Crippen molar-refractivity contribution in [2.24, 2.45) is 0 Å². The van der Waals surface area contributed by atoms with E-state index in [0.717, 1.165) is 25.6 Å². The Bertz CT molecular complexity index is 2010. The highest BCUT2D eigenvalue weighted by Gasteiger charge is 2.43. The average molecular weight is 756 g/mol. The lowest BCUT2D eigenvalue weighted by Gasteiger charge is -2.43. The molecular weight excluding hydrogens is 729 g/mol. The Kier molecular flexibility index (Phi) is 9.36. The first-order valence-electron chi connectivity index (χ1n) is 15.8. The molecule has 0 radical (unpaired) electrons. The van der Waals surface area contributed by atoms with Gasteiger partial charge in [0.05, 0.1) is 52.6 Å². The number of hydrogen-bond acceptors (Lipinski definition) is 7. The van der Waals surface area contributed by atoms with Crippen LogP contribution < -0.4 is 9.80 Å². The number of carbonyl (C=O) groups excluding carboxylic acids is 2. The quantitative estimate of drug-likeness (QED) is 0.145. The Labute approximate surface area is 293 Å². The number of carboxylic acid groups (broad SMARTS) is 1. The van der Waals surface area contributed by atoms with Crippen molar-refractivity contribution in [2.75, 3.05) is 16.3 Å². The van der Waals surface area contributed by atoms with Crippen molar-refractivity contribution < 1.29 is 59.0 Å². The van der Waals surface area contributed by atoms with Gasteiger partial charge in [-0.2, -0.15) is 44.3 Å². The summed E-state index contributed by atoms with van der Waals surface area (Å²) in [6.07, 6.45) is -17.0. The van der Waals surface area contributed by atoms with Gasteiger partial charge in [0.2, 0.25) is 0 Å². The van der Waals surface area contributed by atoms with E-state index < -0.39 is 83.3 Å². The first kappa shape index (κ1) is 37.1. The normalized spacial score (nSPS) is 17.6. The molecule has 3 amide bonds. The maximum atomic E-state index is 14.0. The maximum Gasteiger partial charge on any atom is 0.416 e. The monoisotopic (exact) mass is 755 g/mol. The number of tetrazole rings is 1. The van der Waals surface area contributed by atoms with Crippen molar-refractivity contribution in [1.29, 1.82) is 0 Å². The first-order valence-corrected chi connectivity index (χ1v) is 15.8. The van der Waals surface area contributed by atoms with E-state index >= 15 is 0 Å². The molecule has 11 nitrogen and oxygen atoms in total. The Morgan fingerprint density at radius 2 is 1.42 bits per heavy atom. The molecule has 2 aliphatic heterocycles. The summed E-state index contributed by atoms with van der Waals surface area (Å²) in [5.74, 6) is -1.67. The number of alkyl halides is 9. The minimum Gasteiger partial charge on any atom is -0.465 e. The molecule has 0 saturated heterocycles. The third kappa shape index (κ3) is 7.21. The Balaban J connectivity index is 1.44. The van der Waals surface area contributed by atoms with Crippen LogP contribution in [0.5, 0.6) is 0 Å². The van der Waals surface area contributed by atoms with Gasteiger partial charge in [0.25, 0.3) is 17.8 Å². The van der Waals surface area contributed by atoms with Crippen molar-refractivity contribution in [2.45, 2.75) is 63.5 Å². The number of carbonyl (C=O) groups is 3. The van der Waals surface area contributed by atoms with Gasteiger partial charge in [-0.25, -0.2) is 4.79 Å². The van der Waals surface area contributed by atoms with E-state index in [0.29, 0.717) is 24.3 Å². The fraction of sp³-hybridized carbons (Fsp3) is 0.333. The van der Waals surface area contributed by atoms with Gasteiger partial charge in [-0.3, -0.25) is 19.4 Å². The molecule has 0 unspecified atom stereocenters. The van der Waals surface area contributed by atoms with Gasteiger partial charge in [-0.1, -0.05) is 24.2 Å². The van der Waals surface area contributed by atoms with Crippen LogP contribution in [0.3, 0.4) is 0 Å². The zero-order valence-electron chi connectivity index (χ0n) is 27.2. The Morgan fingerprint density at radius 3 is 1.94 bits per heavy atom. The fourth-order valence-corrected chi connectivity index (χ4v) is 6.51. The lowest BCUT2D eigenvalue weighted by atomic mass is 9.87. The van der Waals surface area contributed by atoms with Crippen molar-refractivity contribution in [3.05, 3.63) is 99.6 Å². The summed E-state index contributed by atoms with van der Waals surface area (Å²) >= 11 is 0. The second-order valence-electron chi connectivity index (χ2n) is 12.3. The predicted molar refractivity (Wildman–Crippen MR) is 166 cm³/mol. The molecule has 20 heteroatoms. The van der Waals surface area contributed by atoms with Crippen molar-refractivity contribution in [3.8, 4) is 0 Å². The molecule has 3 aromatic carbocycles. The highest BCUT2D eigenvalue weighted by Crippen LogP contribution is 2.46. The number of aromatic nitrogens is 4. The summed E-state index contributed by atoms with van der Waals surface area (Å²) < 4.78 is 125. The van der Waals surface area contributed by atoms with Crippen molar-refractivity contribution in [3.63, 3.8) is 0 Å². The molecule has 1 N–H and O–H groups in total. The van der Waals surface area contributed by atoms with Crippen LogP contribution >= 0.6 is 0 Å². The van der Waals surface area contributed by atoms with E-state index in [1.807, 2.05) is 0 Å². The number of hydrogen-bond donors (Lipinski definition) is 1. The van der Waals surface area contributed by atoms with Gasteiger partial charge in [-0.15, -0.1) is 5.10 Å². The number of amides is 3. The van der Waals surface area contributed by atoms with Gasteiger partial charge in [0.15, 0.2) is 0 Å². The van der Waals surface area contributed by atoms with E-state index in [1.54, 1.807) is 19.1 Å². The Morgan fingerprint density at radius 1 is 0.830 bits per heavy atom. The molecule has 6 rings (SSSR count). The molecule has 2 atom stereocenters. The van der Waals surface area contributed by atoms with Gasteiger partial charge in [0.1, 0.15) is 0 Å². The average Bonchev–Trinajstić information content (AvgIpc) is 3.65. The highest BCUT2D eigenvalue weighted by atomic mass is 19.4. The maximum absolute atomic E-state index is 14.0. The summed E-state index contributed by atoms with van der Waals surface area (Å²) in [5, 5.41) is 22.1. The minimum atomic E-state index is -5.22. The lowest BCUT2D eigenvalue weighted by molar-refractivity contribution is -0.143. The van der Waals surface area contributed by atoms with Gasteiger partial charge in [0, 0.05) is 12.6 Å². The third-order valence-corrected chi connectivity index (χ3v) is 8.99. The number of imide groups is 1. The number of rotatable bonds is 8. The highest BCUT2D eigenvalue weighted by molar-refractivity contribution is 6.21. The third-order valence-electron chi connectivity index (χ3n) is 8.99. The standard InChI is InChI=1S/C33H26F9N7O4/c1-2-21-15-26(24-14-18(31(34,35)36)7-8-25(24)49(21)30(52)53)47(16-17-11-19(32(37,38)39)13-20(12-17)33(40,41)42)29-43-45-48(44-29)10-9-46-27(50)22-5-3-4-6-23(22)28(46)51/h3-8,11-14,21,26H,2,9-10,15-16H2,1H3,(H,52,53)/t21-,26+/m1/s1. The number of halogens is 9. The second kappa shape index (κ2) is 13.4. The van der Waals surface area contributed by atoms with Crippen LogP contribution in [0.15, 0.2) is 60.7 Å². The summed E-state index contributed by atoms with van der Waals surface area (Å²) in [5.41, 5.74) is -5.21. The van der Waals surface area contributed by atoms with Crippen LogP contribution in [0.4, 0.5) is 55.9 Å². The molecule has 0 bridgehead atoms. The molecule has 1 aromatic heterocycles. The molecule has 53 heavy (non-hydrogen) atoms. The minimum absolute atomic E-state index is 0.0784. The molecule has 0 spiro atoms. The summed E-state index contributed by atoms with van der Waals surface area (Å²) in [4.78, 5) is 41.8. The molecule has 4 aromatic rings. The SMILES string of the molecule is CC[C@@H]1C[C@H](N(Cc2cc(C(F)(F)F)cc(C(F)(F)F)c2)c2nnn(CCN3C(=O)c4ccccc4C3=O)n2)c2cc(C(F)(F)F)ccc2N1C(=O)O. The van der Waals surface area contributed by atoms with Crippen LogP contribution in [0, 0.1) is 0 Å². The molecule has 3 heterocycles. The number of anilines is 2. The zero-order chi connectivity index (χ0) is 38.6. The van der Waals surface area contributed by atoms with Crippen LogP contribution in [0.25, 0.3) is 0 Å². The number of fused-ring (bicyclic) bond motifs is 2. The summed E-state index contributed by atoms with van der Waals surface area (Å²) in [6, 6.07) is 6.85. The Hall–Kier alpha value is -5.69. The van der Waals surface area contributed by atoms with Crippen LogP contribution in [0.2, 0.25) is 0 Å². The second-order valence-corrected chi connectivity index (χ2v) is 12.3. The van der Waals surface area contributed by atoms with Gasteiger partial charge in [-0.05, 0) is 77.7 Å². The van der Waals surface area contributed by atoms with Crippen molar-refractivity contribution in [1.82, 2.24) is 25.1 Å². The van der Waals surface area contributed by atoms with E-state index in [-0.39, 0.29) is 54.4 Å². The summed E-state index contributed by atoms with van der Waals surface area (Å²) in [6.45, 7) is 0.198. The lowest BCUT2D eigenvalue weighted by Crippen LogP contribution is -2.47. The van der Waals surface area contributed by atoms with E-state index in [2.05, 4.69) is 15.4 Å². The van der Waals surface area contributed by atoms with Crippen LogP contribution in [-0.2, 0) is 31.6 Å². The van der Waals surface area contributed by atoms with E-state index in [9.17, 15) is 59.0 Å². The van der Waals surface area contributed by atoms with Gasteiger partial charge >= 0.3 is 24.6 Å².